The summed E-state index contributed by atoms with van der Waals surface area (Å²) < 4.78 is 17.9. The van der Waals surface area contributed by atoms with E-state index in [-0.39, 0.29) is 11.5 Å². The van der Waals surface area contributed by atoms with Crippen molar-refractivity contribution in [1.29, 1.82) is 0 Å². The van der Waals surface area contributed by atoms with E-state index in [9.17, 15) is 0 Å². The molecule has 1 aromatic carbocycles. The van der Waals surface area contributed by atoms with Crippen LogP contribution >= 0.6 is 0 Å². The summed E-state index contributed by atoms with van der Waals surface area (Å²) in [4.78, 5) is 2.53. The molecule has 0 aromatic heterocycles. The van der Waals surface area contributed by atoms with Gasteiger partial charge < -0.3 is 14.2 Å². The van der Waals surface area contributed by atoms with E-state index in [1.807, 2.05) is 6.07 Å². The van der Waals surface area contributed by atoms with Gasteiger partial charge in [-0.2, -0.15) is 0 Å². The summed E-state index contributed by atoms with van der Waals surface area (Å²) in [6.45, 7) is 8.84. The summed E-state index contributed by atoms with van der Waals surface area (Å²) >= 11 is 0. The van der Waals surface area contributed by atoms with E-state index < -0.39 is 0 Å². The third-order valence-corrected chi connectivity index (χ3v) is 6.31. The lowest BCUT2D eigenvalue weighted by atomic mass is 9.61. The maximum Gasteiger partial charge on any atom is 0.169 e. The molecule has 3 aliphatic rings. The molecule has 0 radical (unpaired) electrons. The Morgan fingerprint density at radius 1 is 1.24 bits per heavy atom. The Labute approximate surface area is 150 Å². The molecule has 3 atom stereocenters. The number of nitrogens with zero attached hydrogens (tertiary/aromatic N) is 1. The van der Waals surface area contributed by atoms with E-state index in [1.165, 1.54) is 16.7 Å². The Balaban J connectivity index is 1.97. The number of aryl methyl sites for hydroxylation is 1. The van der Waals surface area contributed by atoms with Crippen LogP contribution in [0.4, 0.5) is 0 Å². The zero-order chi connectivity index (χ0) is 17.8. The molecule has 1 saturated heterocycles. The number of methoxy groups -OCH3 is 2. The molecule has 3 unspecified atom stereocenters. The monoisotopic (exact) mass is 341 g/mol. The summed E-state index contributed by atoms with van der Waals surface area (Å²) in [7, 11) is 3.44. The van der Waals surface area contributed by atoms with Gasteiger partial charge in [-0.3, -0.25) is 4.90 Å². The fraction of sp³-hybridized carbons (Fsp3) is 0.524. The topological polar surface area (TPSA) is 30.9 Å². The standard InChI is InChI=1S/C21H27NO3/c1-6-22-12-11-21-15(14(22)3)8-10-17(24-5)20(21)25-19-16(23-4)9-7-13(2)18(19)21/h7-10,14,20H,6,11-12H2,1-5H3. The first kappa shape index (κ1) is 16.5. The molecule has 4 heteroatoms. The summed E-state index contributed by atoms with van der Waals surface area (Å²) in [6.07, 6.45) is 5.27. The Bertz CT molecular complexity index is 767. The van der Waals surface area contributed by atoms with Gasteiger partial charge in [0.2, 0.25) is 0 Å². The van der Waals surface area contributed by atoms with Crippen LogP contribution in [0.25, 0.3) is 0 Å². The van der Waals surface area contributed by atoms with Gasteiger partial charge in [-0.1, -0.05) is 19.1 Å². The first-order valence-corrected chi connectivity index (χ1v) is 9.13. The second-order valence-corrected chi connectivity index (χ2v) is 7.21. The number of hydrogen-bond acceptors (Lipinski definition) is 4. The molecular formula is C21H27NO3. The van der Waals surface area contributed by atoms with Gasteiger partial charge >= 0.3 is 0 Å². The largest absolute Gasteiger partial charge is 0.497 e. The average molecular weight is 341 g/mol. The highest BCUT2D eigenvalue weighted by Gasteiger charge is 2.59. The summed E-state index contributed by atoms with van der Waals surface area (Å²) in [5.74, 6) is 2.60. The predicted molar refractivity (Wildman–Crippen MR) is 98.3 cm³/mol. The van der Waals surface area contributed by atoms with E-state index in [4.69, 9.17) is 14.2 Å². The molecule has 1 aliphatic carbocycles. The minimum absolute atomic E-state index is 0.107. The van der Waals surface area contributed by atoms with Crippen molar-refractivity contribution < 1.29 is 14.2 Å². The van der Waals surface area contributed by atoms with Crippen LogP contribution in [-0.4, -0.2) is 44.4 Å². The Hall–Kier alpha value is -1.94. The average Bonchev–Trinajstić information content (AvgIpc) is 2.97. The molecule has 2 heterocycles. The van der Waals surface area contributed by atoms with Crippen LogP contribution in [0.15, 0.2) is 35.6 Å². The number of likely N-dealkylation sites (N-methyl/N-ethyl adjacent to an activating group) is 1. The summed E-state index contributed by atoms with van der Waals surface area (Å²) in [5.41, 5.74) is 3.83. The van der Waals surface area contributed by atoms with Crippen molar-refractivity contribution >= 4 is 0 Å². The molecule has 134 valence electrons. The number of piperidine rings is 1. The molecule has 1 aromatic rings. The van der Waals surface area contributed by atoms with Crippen LogP contribution in [-0.2, 0) is 10.2 Å². The van der Waals surface area contributed by atoms with Crippen molar-refractivity contribution in [3.05, 3.63) is 46.7 Å². The second-order valence-electron chi connectivity index (χ2n) is 7.21. The van der Waals surface area contributed by atoms with Crippen molar-refractivity contribution in [2.24, 2.45) is 0 Å². The molecule has 0 amide bonds. The van der Waals surface area contributed by atoms with Crippen molar-refractivity contribution in [3.63, 3.8) is 0 Å². The van der Waals surface area contributed by atoms with Crippen LogP contribution in [0.2, 0.25) is 0 Å². The van der Waals surface area contributed by atoms with Gasteiger partial charge in [0.05, 0.1) is 19.6 Å². The molecule has 25 heavy (non-hydrogen) atoms. The molecule has 0 bridgehead atoms. The number of ether oxygens (including phenoxy) is 3. The van der Waals surface area contributed by atoms with E-state index in [2.05, 4.69) is 43.9 Å². The highest BCUT2D eigenvalue weighted by molar-refractivity contribution is 5.64. The first-order chi connectivity index (χ1) is 12.1. The van der Waals surface area contributed by atoms with E-state index in [1.54, 1.807) is 14.2 Å². The molecule has 4 nitrogen and oxygen atoms in total. The van der Waals surface area contributed by atoms with Crippen LogP contribution in [0, 0.1) is 6.92 Å². The van der Waals surface area contributed by atoms with E-state index >= 15 is 0 Å². The van der Waals surface area contributed by atoms with Crippen LogP contribution in [0.5, 0.6) is 11.5 Å². The Kier molecular flexibility index (Phi) is 3.84. The highest BCUT2D eigenvalue weighted by Crippen LogP contribution is 2.59. The van der Waals surface area contributed by atoms with Gasteiger partial charge in [0.15, 0.2) is 17.6 Å². The quantitative estimate of drug-likeness (QED) is 0.841. The normalized spacial score (nSPS) is 30.4. The summed E-state index contributed by atoms with van der Waals surface area (Å²) in [6, 6.07) is 4.54. The molecule has 0 N–H and O–H groups in total. The smallest absolute Gasteiger partial charge is 0.169 e. The van der Waals surface area contributed by atoms with Crippen molar-refractivity contribution in [2.45, 2.75) is 44.8 Å². The van der Waals surface area contributed by atoms with Gasteiger partial charge in [-0.05, 0) is 50.1 Å². The minimum Gasteiger partial charge on any atom is -0.497 e. The van der Waals surface area contributed by atoms with E-state index in [0.717, 1.165) is 36.8 Å². The zero-order valence-corrected chi connectivity index (χ0v) is 15.8. The second kappa shape index (κ2) is 5.80. The van der Waals surface area contributed by atoms with Crippen LogP contribution in [0.1, 0.15) is 31.4 Å². The SMILES string of the molecule is CCN1CCC23C(=CC=C(OC)C2Oc2c(OC)ccc(C)c23)C1C. The zero-order valence-electron chi connectivity index (χ0n) is 15.8. The van der Waals surface area contributed by atoms with Crippen molar-refractivity contribution in [2.75, 3.05) is 27.3 Å². The number of rotatable bonds is 3. The van der Waals surface area contributed by atoms with Gasteiger partial charge in [0.1, 0.15) is 5.76 Å². The van der Waals surface area contributed by atoms with E-state index in [0.29, 0.717) is 6.04 Å². The Morgan fingerprint density at radius 3 is 2.72 bits per heavy atom. The lowest BCUT2D eigenvalue weighted by Crippen LogP contribution is -2.55. The Morgan fingerprint density at radius 2 is 2.04 bits per heavy atom. The number of benzene rings is 1. The molecule has 1 spiro atoms. The van der Waals surface area contributed by atoms with Gasteiger partial charge in [0, 0.05) is 18.2 Å². The number of hydrogen-bond donors (Lipinski definition) is 0. The number of allylic oxidation sites excluding steroid dienone is 2. The lowest BCUT2D eigenvalue weighted by Gasteiger charge is -2.49. The van der Waals surface area contributed by atoms with Crippen LogP contribution < -0.4 is 9.47 Å². The fourth-order valence-corrected chi connectivity index (χ4v) is 5.08. The first-order valence-electron chi connectivity index (χ1n) is 9.13. The lowest BCUT2D eigenvalue weighted by molar-refractivity contribution is 0.0745. The van der Waals surface area contributed by atoms with Gasteiger partial charge in [-0.25, -0.2) is 0 Å². The molecule has 4 rings (SSSR count). The van der Waals surface area contributed by atoms with Gasteiger partial charge in [-0.15, -0.1) is 0 Å². The van der Waals surface area contributed by atoms with Crippen LogP contribution in [0.3, 0.4) is 0 Å². The van der Waals surface area contributed by atoms with Gasteiger partial charge in [0.25, 0.3) is 0 Å². The molecule has 0 saturated carbocycles. The van der Waals surface area contributed by atoms with Crippen molar-refractivity contribution in [3.8, 4) is 11.5 Å². The highest BCUT2D eigenvalue weighted by atomic mass is 16.6. The molecular weight excluding hydrogens is 314 g/mol. The molecule has 2 aliphatic heterocycles. The molecule has 1 fully saturated rings. The van der Waals surface area contributed by atoms with Crippen molar-refractivity contribution in [1.82, 2.24) is 4.90 Å². The fourth-order valence-electron chi connectivity index (χ4n) is 5.08. The third kappa shape index (κ3) is 2.03. The third-order valence-electron chi connectivity index (χ3n) is 6.31. The number of fused-ring (bicyclic) bond motifs is 1. The minimum atomic E-state index is -0.154. The number of likely N-dealkylation sites (tertiary alicyclic amines) is 1. The summed E-state index contributed by atoms with van der Waals surface area (Å²) in [5, 5.41) is 0. The predicted octanol–water partition coefficient (Wildman–Crippen LogP) is 3.59. The maximum absolute atomic E-state index is 6.52. The maximum atomic E-state index is 6.52.